The lowest BCUT2D eigenvalue weighted by molar-refractivity contribution is -0.423. The third-order valence-corrected chi connectivity index (χ3v) is 6.27. The van der Waals surface area contributed by atoms with Gasteiger partial charge in [0.2, 0.25) is 0 Å². The number of carboxylic acids is 1. The highest BCUT2D eigenvalue weighted by molar-refractivity contribution is 5.68. The molecule has 4 heteroatoms. The third kappa shape index (κ3) is 31.6. The van der Waals surface area contributed by atoms with Gasteiger partial charge in [-0.05, 0) is 32.6 Å². The fourth-order valence-corrected chi connectivity index (χ4v) is 3.99. The maximum absolute atomic E-state index is 9.34. The van der Waals surface area contributed by atoms with Crippen LogP contribution in [0.4, 0.5) is 0 Å². The van der Waals surface area contributed by atoms with E-state index < -0.39 is 12.1 Å². The summed E-state index contributed by atoms with van der Waals surface area (Å²) in [4.78, 5) is 9.34. The van der Waals surface area contributed by atoms with Crippen LogP contribution in [0.1, 0.15) is 162 Å². The number of unbranched alkanes of at least 4 members (excludes halogenated alkanes) is 18. The van der Waals surface area contributed by atoms with Gasteiger partial charge in [0.05, 0.1) is 18.1 Å². The molecule has 0 aliphatic heterocycles. The van der Waals surface area contributed by atoms with E-state index in [1.54, 1.807) is 0 Å². The average Bonchev–Trinajstić information content (AvgIpc) is 2.76. The number of quaternary nitrogens is 1. The molecule has 0 fully saturated rings. The molecule has 0 aliphatic carbocycles. The highest BCUT2D eigenvalue weighted by atomic mass is 16.4. The van der Waals surface area contributed by atoms with Gasteiger partial charge >= 0.3 is 0 Å². The van der Waals surface area contributed by atoms with Crippen LogP contribution in [0.25, 0.3) is 0 Å². The molecule has 0 bridgehead atoms. The molecule has 32 heavy (non-hydrogen) atoms. The zero-order valence-electron chi connectivity index (χ0n) is 22.2. The molecule has 4 nitrogen and oxygen atoms in total. The predicted octanol–water partition coefficient (Wildman–Crippen LogP) is 6.34. The Morgan fingerprint density at radius 1 is 0.625 bits per heavy atom. The fraction of sp³-hybridized carbons (Fsp3) is 0.964. The molecule has 194 valence electrons. The van der Waals surface area contributed by atoms with Crippen molar-refractivity contribution in [1.29, 1.82) is 0 Å². The van der Waals surface area contributed by atoms with Gasteiger partial charge in [0.15, 0.2) is 0 Å². The Balaban J connectivity index is 0. The number of aliphatic hydroxyl groups is 1. The number of rotatable bonds is 23. The molecule has 0 heterocycles. The number of carboxylic acid groups (broad SMARTS) is 1. The summed E-state index contributed by atoms with van der Waals surface area (Å²) in [6.07, 6.45) is 30.3. The van der Waals surface area contributed by atoms with Gasteiger partial charge < -0.3 is 20.7 Å². The number of carbonyl (C=O) groups excluding carboxylic acids is 1. The van der Waals surface area contributed by atoms with Crippen LogP contribution in [0.2, 0.25) is 0 Å². The van der Waals surface area contributed by atoms with Crippen molar-refractivity contribution in [1.82, 2.24) is 0 Å². The van der Waals surface area contributed by atoms with E-state index in [-0.39, 0.29) is 0 Å². The van der Waals surface area contributed by atoms with E-state index in [1.807, 2.05) is 0 Å². The largest absolute Gasteiger partial charge is 0.547 e. The average molecular weight is 458 g/mol. The molecule has 0 spiro atoms. The molecule has 0 aromatic rings. The normalized spacial score (nSPS) is 11.9. The van der Waals surface area contributed by atoms with Crippen molar-refractivity contribution in [2.75, 3.05) is 0 Å². The van der Waals surface area contributed by atoms with Gasteiger partial charge in [-0.1, -0.05) is 129 Å². The van der Waals surface area contributed by atoms with E-state index in [2.05, 4.69) is 19.6 Å². The first-order chi connectivity index (χ1) is 15.5. The maximum Gasteiger partial charge on any atom is 0.0905 e. The predicted molar refractivity (Wildman–Crippen MR) is 136 cm³/mol. The number of aliphatic carboxylic acids is 1. The molecule has 0 amide bonds. The van der Waals surface area contributed by atoms with Gasteiger partial charge in [0.1, 0.15) is 0 Å². The van der Waals surface area contributed by atoms with Gasteiger partial charge in [0, 0.05) is 0 Å². The smallest absolute Gasteiger partial charge is 0.0905 e. The van der Waals surface area contributed by atoms with E-state index in [1.165, 1.54) is 141 Å². The van der Waals surface area contributed by atoms with Crippen molar-refractivity contribution < 1.29 is 20.7 Å². The summed E-state index contributed by atoms with van der Waals surface area (Å²) >= 11 is 0. The minimum absolute atomic E-state index is 0.720. The Hall–Kier alpha value is -0.610. The van der Waals surface area contributed by atoms with Crippen molar-refractivity contribution in [2.45, 2.75) is 174 Å². The first-order valence-electron chi connectivity index (χ1n) is 14.2. The third-order valence-electron chi connectivity index (χ3n) is 6.27. The summed E-state index contributed by atoms with van der Waals surface area (Å²) < 4.78 is 0. The van der Waals surface area contributed by atoms with Crippen LogP contribution in [0.15, 0.2) is 0 Å². The minimum Gasteiger partial charge on any atom is -0.547 e. The van der Waals surface area contributed by atoms with Crippen LogP contribution in [-0.4, -0.2) is 23.2 Å². The lowest BCUT2D eigenvalue weighted by Crippen LogP contribution is -2.60. The van der Waals surface area contributed by atoms with Crippen LogP contribution in [0.3, 0.4) is 0 Å². The SMILES string of the molecule is CC(O)C(=O)[O-].CCCCCCCCCCCCC([NH3+])CCCCCCCCCCCC. The van der Waals surface area contributed by atoms with Gasteiger partial charge in [0.25, 0.3) is 0 Å². The van der Waals surface area contributed by atoms with Crippen molar-refractivity contribution in [3.8, 4) is 0 Å². The molecule has 1 atom stereocenters. The van der Waals surface area contributed by atoms with Crippen molar-refractivity contribution >= 4 is 5.97 Å². The van der Waals surface area contributed by atoms with Crippen LogP contribution in [0, 0.1) is 0 Å². The Labute approximate surface area is 201 Å². The number of hydrogen-bond donors (Lipinski definition) is 2. The van der Waals surface area contributed by atoms with Crippen molar-refractivity contribution in [3.05, 3.63) is 0 Å². The molecule has 4 N–H and O–H groups in total. The zero-order chi connectivity index (χ0) is 24.3. The van der Waals surface area contributed by atoms with Crippen LogP contribution in [0.5, 0.6) is 0 Å². The summed E-state index contributed by atoms with van der Waals surface area (Å²) in [5.41, 5.74) is 4.39. The standard InChI is InChI=1S/C25H53N.C3H6O3/c1-3-5-7-9-11-13-15-17-19-21-23-25(26)24-22-20-18-16-14-12-10-8-6-4-2;1-2(4)3(5)6/h25H,3-24,26H2,1-2H3;2,4H,1H3,(H,5,6). The first-order valence-corrected chi connectivity index (χ1v) is 14.2. The maximum atomic E-state index is 9.34. The summed E-state index contributed by atoms with van der Waals surface area (Å²) in [6, 6.07) is 0.720. The van der Waals surface area contributed by atoms with E-state index in [9.17, 15) is 9.90 Å². The summed E-state index contributed by atoms with van der Waals surface area (Å²) in [6.45, 7) is 5.73. The van der Waals surface area contributed by atoms with Gasteiger partial charge in [-0.3, -0.25) is 0 Å². The fourth-order valence-electron chi connectivity index (χ4n) is 3.99. The molecule has 0 rings (SSSR count). The van der Waals surface area contributed by atoms with E-state index in [0.717, 1.165) is 13.0 Å². The highest BCUT2D eigenvalue weighted by Gasteiger charge is 2.05. The number of hydrogen-bond acceptors (Lipinski definition) is 3. The Morgan fingerprint density at radius 3 is 1.06 bits per heavy atom. The van der Waals surface area contributed by atoms with Crippen LogP contribution in [-0.2, 0) is 4.79 Å². The van der Waals surface area contributed by atoms with E-state index in [4.69, 9.17) is 5.11 Å². The molecule has 0 saturated heterocycles. The summed E-state index contributed by atoms with van der Waals surface area (Å²) in [5.74, 6) is -1.44. The number of aliphatic hydroxyl groups excluding tert-OH is 1. The quantitative estimate of drug-likeness (QED) is 0.176. The Bertz CT molecular complexity index is 337. The molecular formula is C28H59NO3. The highest BCUT2D eigenvalue weighted by Crippen LogP contribution is 2.14. The molecule has 0 aliphatic rings. The van der Waals surface area contributed by atoms with Gasteiger partial charge in [-0.15, -0.1) is 0 Å². The van der Waals surface area contributed by atoms with Gasteiger partial charge in [-0.25, -0.2) is 0 Å². The first kappa shape index (κ1) is 33.6. The molecule has 0 radical (unpaired) electrons. The zero-order valence-corrected chi connectivity index (χ0v) is 22.2. The second-order valence-corrected chi connectivity index (χ2v) is 9.80. The second kappa shape index (κ2) is 28.4. The molecule has 0 saturated carbocycles. The molecule has 0 aromatic carbocycles. The number of carbonyl (C=O) groups is 1. The summed E-state index contributed by atoms with van der Waals surface area (Å²) in [7, 11) is 0. The second-order valence-electron chi connectivity index (χ2n) is 9.80. The summed E-state index contributed by atoms with van der Waals surface area (Å²) in [5, 5.41) is 17.3. The van der Waals surface area contributed by atoms with Crippen LogP contribution < -0.4 is 10.8 Å². The minimum atomic E-state index is -1.44. The Kier molecular flexibility index (Phi) is 29.8. The monoisotopic (exact) mass is 457 g/mol. The van der Waals surface area contributed by atoms with E-state index >= 15 is 0 Å². The van der Waals surface area contributed by atoms with Crippen molar-refractivity contribution in [2.24, 2.45) is 0 Å². The lowest BCUT2D eigenvalue weighted by Gasteiger charge is -2.08. The van der Waals surface area contributed by atoms with E-state index in [0.29, 0.717) is 0 Å². The Morgan fingerprint density at radius 2 is 0.844 bits per heavy atom. The van der Waals surface area contributed by atoms with Gasteiger partial charge in [-0.2, -0.15) is 0 Å². The van der Waals surface area contributed by atoms with Crippen molar-refractivity contribution in [3.63, 3.8) is 0 Å². The molecule has 1 unspecified atom stereocenters. The molecular weight excluding hydrogens is 398 g/mol. The van der Waals surface area contributed by atoms with Crippen LogP contribution >= 0.6 is 0 Å². The molecule has 0 aromatic heterocycles. The lowest BCUT2D eigenvalue weighted by atomic mass is 10.00. The topological polar surface area (TPSA) is 88.0 Å².